The first-order valence-electron chi connectivity index (χ1n) is 5.08. The van der Waals surface area contributed by atoms with Gasteiger partial charge in [-0.15, -0.1) is 0 Å². The molecule has 0 fully saturated rings. The van der Waals surface area contributed by atoms with Crippen molar-refractivity contribution >= 4 is 35.2 Å². The summed E-state index contributed by atoms with van der Waals surface area (Å²) in [6.45, 7) is 1.60. The van der Waals surface area contributed by atoms with Crippen molar-refractivity contribution in [2.45, 2.75) is 13.0 Å². The number of hydrogen-bond donors (Lipinski definition) is 2. The summed E-state index contributed by atoms with van der Waals surface area (Å²) in [5.41, 5.74) is 0.600. The zero-order valence-corrected chi connectivity index (χ0v) is 10.8. The van der Waals surface area contributed by atoms with Gasteiger partial charge in [0.05, 0.1) is 6.61 Å². The Balaban J connectivity index is 2.74. The molecule has 5 heteroatoms. The minimum atomic E-state index is -0.303. The highest BCUT2D eigenvalue weighted by molar-refractivity contribution is 6.37. The molecule has 1 atom stereocenters. The Morgan fingerprint density at radius 3 is 2.59 bits per heavy atom. The average molecular weight is 274 g/mol. The van der Waals surface area contributed by atoms with Gasteiger partial charge in [0.2, 0.25) is 5.91 Å². The number of nitrogens with one attached hydrogen (secondary N) is 1. The molecule has 0 aromatic heterocycles. The largest absolute Gasteiger partial charge is 0.394 e. The highest BCUT2D eigenvalue weighted by atomic mass is 35.5. The molecule has 17 heavy (non-hydrogen) atoms. The third-order valence-corrected chi connectivity index (χ3v) is 2.72. The Kier molecular flexibility index (Phi) is 5.48. The second-order valence-electron chi connectivity index (χ2n) is 3.56. The van der Waals surface area contributed by atoms with Crippen LogP contribution in [-0.4, -0.2) is 23.7 Å². The van der Waals surface area contributed by atoms with Crippen molar-refractivity contribution < 1.29 is 9.90 Å². The summed E-state index contributed by atoms with van der Waals surface area (Å²) in [6.07, 6.45) is 2.88. The lowest BCUT2D eigenvalue weighted by Crippen LogP contribution is -2.33. The second kappa shape index (κ2) is 6.64. The van der Waals surface area contributed by atoms with E-state index in [1.165, 1.54) is 6.08 Å². The topological polar surface area (TPSA) is 49.3 Å². The molecule has 1 aromatic rings. The summed E-state index contributed by atoms with van der Waals surface area (Å²) in [4.78, 5) is 11.4. The van der Waals surface area contributed by atoms with Crippen molar-refractivity contribution in [3.05, 3.63) is 39.9 Å². The fraction of sp³-hybridized carbons (Fsp3) is 0.250. The number of amides is 1. The van der Waals surface area contributed by atoms with E-state index in [0.717, 1.165) is 0 Å². The van der Waals surface area contributed by atoms with Crippen molar-refractivity contribution in [3.63, 3.8) is 0 Å². The summed E-state index contributed by atoms with van der Waals surface area (Å²) in [7, 11) is 0. The fourth-order valence-electron chi connectivity index (χ4n) is 1.17. The molecule has 92 valence electrons. The van der Waals surface area contributed by atoms with Crippen LogP contribution in [0.1, 0.15) is 12.5 Å². The number of aliphatic hydroxyl groups excluding tert-OH is 1. The predicted molar refractivity (Wildman–Crippen MR) is 70.2 cm³/mol. The van der Waals surface area contributed by atoms with Gasteiger partial charge in [0, 0.05) is 27.7 Å². The normalized spacial score (nSPS) is 12.7. The average Bonchev–Trinajstić information content (AvgIpc) is 2.28. The van der Waals surface area contributed by atoms with E-state index in [1.807, 2.05) is 0 Å². The third-order valence-electron chi connectivity index (χ3n) is 2.06. The van der Waals surface area contributed by atoms with E-state index in [4.69, 9.17) is 28.3 Å². The number of hydrogen-bond acceptors (Lipinski definition) is 2. The minimum absolute atomic E-state index is 0.105. The van der Waals surface area contributed by atoms with Crippen LogP contribution in [0, 0.1) is 0 Å². The Morgan fingerprint density at radius 2 is 2.06 bits per heavy atom. The van der Waals surface area contributed by atoms with Crippen molar-refractivity contribution in [1.29, 1.82) is 0 Å². The quantitative estimate of drug-likeness (QED) is 0.829. The number of carbonyl (C=O) groups excluding carboxylic acids is 1. The van der Waals surface area contributed by atoms with Crippen LogP contribution in [0.5, 0.6) is 0 Å². The van der Waals surface area contributed by atoms with Crippen LogP contribution in [0.3, 0.4) is 0 Å². The molecule has 0 spiro atoms. The van der Waals surface area contributed by atoms with E-state index < -0.39 is 0 Å². The second-order valence-corrected chi connectivity index (χ2v) is 4.38. The van der Waals surface area contributed by atoms with Crippen LogP contribution in [0.2, 0.25) is 10.0 Å². The standard InChI is InChI=1S/C12H13Cl2NO2/c1-8(7-16)15-12(17)6-5-9-10(13)3-2-4-11(9)14/h2-6,8,16H,7H2,1H3,(H,15,17)/t8-/m0/s1. The van der Waals surface area contributed by atoms with Gasteiger partial charge in [-0.2, -0.15) is 0 Å². The maximum atomic E-state index is 11.4. The summed E-state index contributed by atoms with van der Waals surface area (Å²) >= 11 is 11.9. The molecule has 0 radical (unpaired) electrons. The molecule has 1 rings (SSSR count). The molecule has 0 aliphatic heterocycles. The van der Waals surface area contributed by atoms with E-state index in [0.29, 0.717) is 15.6 Å². The molecule has 1 amide bonds. The molecule has 0 aliphatic rings. The molecule has 3 nitrogen and oxygen atoms in total. The van der Waals surface area contributed by atoms with Gasteiger partial charge < -0.3 is 10.4 Å². The highest BCUT2D eigenvalue weighted by Gasteiger charge is 2.04. The lowest BCUT2D eigenvalue weighted by atomic mass is 10.2. The summed E-state index contributed by atoms with van der Waals surface area (Å²) in [5.74, 6) is -0.303. The maximum Gasteiger partial charge on any atom is 0.244 e. The van der Waals surface area contributed by atoms with Crippen molar-refractivity contribution in [2.24, 2.45) is 0 Å². The Bertz CT molecular complexity index is 412. The Morgan fingerprint density at radius 1 is 1.47 bits per heavy atom. The van der Waals surface area contributed by atoms with E-state index in [9.17, 15) is 4.79 Å². The predicted octanol–water partition coefficient (Wildman–Crippen LogP) is 2.50. The zero-order valence-electron chi connectivity index (χ0n) is 9.28. The highest BCUT2D eigenvalue weighted by Crippen LogP contribution is 2.25. The van der Waals surface area contributed by atoms with E-state index in [1.54, 1.807) is 31.2 Å². The van der Waals surface area contributed by atoms with Crippen molar-refractivity contribution in [3.8, 4) is 0 Å². The van der Waals surface area contributed by atoms with Crippen LogP contribution in [0.4, 0.5) is 0 Å². The summed E-state index contributed by atoms with van der Waals surface area (Å²) < 4.78 is 0. The molecule has 2 N–H and O–H groups in total. The molecule has 0 saturated heterocycles. The van der Waals surface area contributed by atoms with Crippen LogP contribution in [-0.2, 0) is 4.79 Å². The summed E-state index contributed by atoms with van der Waals surface area (Å²) in [5, 5.41) is 12.3. The van der Waals surface area contributed by atoms with E-state index in [-0.39, 0.29) is 18.6 Å². The number of carbonyl (C=O) groups is 1. The monoisotopic (exact) mass is 273 g/mol. The molecule has 0 aliphatic carbocycles. The zero-order chi connectivity index (χ0) is 12.8. The van der Waals surface area contributed by atoms with E-state index in [2.05, 4.69) is 5.32 Å². The molecule has 0 unspecified atom stereocenters. The number of benzene rings is 1. The maximum absolute atomic E-state index is 11.4. The van der Waals surface area contributed by atoms with Gasteiger partial charge in [-0.1, -0.05) is 29.3 Å². The number of aliphatic hydroxyl groups is 1. The van der Waals surface area contributed by atoms with Gasteiger partial charge in [0.1, 0.15) is 0 Å². The molecule has 0 bridgehead atoms. The van der Waals surface area contributed by atoms with Gasteiger partial charge in [-0.3, -0.25) is 4.79 Å². The first kappa shape index (κ1) is 14.0. The van der Waals surface area contributed by atoms with E-state index >= 15 is 0 Å². The lowest BCUT2D eigenvalue weighted by molar-refractivity contribution is -0.117. The van der Waals surface area contributed by atoms with Crippen LogP contribution >= 0.6 is 23.2 Å². The number of rotatable bonds is 4. The van der Waals surface area contributed by atoms with Crippen LogP contribution in [0.25, 0.3) is 6.08 Å². The molecular formula is C12H13Cl2NO2. The number of halogens is 2. The van der Waals surface area contributed by atoms with Gasteiger partial charge in [0.15, 0.2) is 0 Å². The lowest BCUT2D eigenvalue weighted by Gasteiger charge is -2.08. The molecule has 0 saturated carbocycles. The SMILES string of the molecule is C[C@@H](CO)NC(=O)C=Cc1c(Cl)cccc1Cl. The molecular weight excluding hydrogens is 261 g/mol. The first-order chi connectivity index (χ1) is 8.04. The fourth-order valence-corrected chi connectivity index (χ4v) is 1.69. The summed E-state index contributed by atoms with van der Waals surface area (Å²) in [6, 6.07) is 4.84. The van der Waals surface area contributed by atoms with Gasteiger partial charge in [-0.05, 0) is 25.1 Å². The first-order valence-corrected chi connectivity index (χ1v) is 5.83. The van der Waals surface area contributed by atoms with Gasteiger partial charge in [-0.25, -0.2) is 0 Å². The minimum Gasteiger partial charge on any atom is -0.394 e. The van der Waals surface area contributed by atoms with Crippen molar-refractivity contribution in [2.75, 3.05) is 6.61 Å². The Labute approximate surface area is 110 Å². The van der Waals surface area contributed by atoms with Crippen molar-refractivity contribution in [1.82, 2.24) is 5.32 Å². The molecule has 1 aromatic carbocycles. The van der Waals surface area contributed by atoms with Gasteiger partial charge >= 0.3 is 0 Å². The smallest absolute Gasteiger partial charge is 0.244 e. The Hall–Kier alpha value is -1.03. The van der Waals surface area contributed by atoms with Crippen LogP contribution < -0.4 is 5.32 Å². The van der Waals surface area contributed by atoms with Gasteiger partial charge in [0.25, 0.3) is 0 Å². The van der Waals surface area contributed by atoms with Crippen LogP contribution in [0.15, 0.2) is 24.3 Å². The molecule has 0 heterocycles. The third kappa shape index (κ3) is 4.38.